The van der Waals surface area contributed by atoms with Crippen molar-refractivity contribution >= 4 is 22.5 Å². The molecule has 0 saturated heterocycles. The molecule has 0 spiro atoms. The number of nitrogens with zero attached hydrogens (tertiary/aromatic N) is 4. The molecular weight excluding hydrogens is 384 g/mol. The molecule has 3 aromatic carbocycles. The Kier molecular flexibility index (Phi) is 5.78. The Morgan fingerprint density at radius 2 is 1.83 bits per heavy atom. The van der Waals surface area contributed by atoms with Crippen LogP contribution >= 0.6 is 11.8 Å². The van der Waals surface area contributed by atoms with Gasteiger partial charge in [0.1, 0.15) is 12.4 Å². The van der Waals surface area contributed by atoms with Crippen LogP contribution in [0.3, 0.4) is 0 Å². The number of hydrogen-bond donors (Lipinski definition) is 1. The zero-order valence-electron chi connectivity index (χ0n) is 16.3. The average Bonchev–Trinajstić information content (AvgIpc) is 3.21. The van der Waals surface area contributed by atoms with Gasteiger partial charge in [-0.2, -0.15) is 4.68 Å². The second-order valence-electron chi connectivity index (χ2n) is 6.93. The quantitative estimate of drug-likeness (QED) is 0.468. The largest absolute Gasteiger partial charge is 0.491 e. The van der Waals surface area contributed by atoms with Gasteiger partial charge in [0.25, 0.3) is 0 Å². The van der Waals surface area contributed by atoms with Gasteiger partial charge in [-0.1, -0.05) is 48.2 Å². The molecule has 6 nitrogen and oxygen atoms in total. The van der Waals surface area contributed by atoms with E-state index in [4.69, 9.17) is 4.74 Å². The maximum absolute atomic E-state index is 10.3. The van der Waals surface area contributed by atoms with Gasteiger partial charge in [0.15, 0.2) is 0 Å². The lowest BCUT2D eigenvalue weighted by Crippen LogP contribution is -2.20. The Balaban J connectivity index is 1.35. The summed E-state index contributed by atoms with van der Waals surface area (Å²) in [5.74, 6) is 1.17. The lowest BCUT2D eigenvalue weighted by atomic mass is 10.1. The van der Waals surface area contributed by atoms with E-state index in [2.05, 4.69) is 41.5 Å². The van der Waals surface area contributed by atoms with Gasteiger partial charge in [0.05, 0.1) is 11.8 Å². The number of ether oxygens (including phenoxy) is 1. The Bertz CT molecular complexity index is 1130. The van der Waals surface area contributed by atoms with Crippen molar-refractivity contribution in [2.24, 2.45) is 0 Å². The molecule has 0 fully saturated rings. The first-order chi connectivity index (χ1) is 14.1. The molecule has 148 valence electrons. The Hall–Kier alpha value is -2.90. The molecule has 0 aliphatic rings. The summed E-state index contributed by atoms with van der Waals surface area (Å²) in [6, 6.07) is 20.1. The first-order valence-electron chi connectivity index (χ1n) is 9.38. The molecular formula is C22H22N4O2S. The highest BCUT2D eigenvalue weighted by molar-refractivity contribution is 7.99. The molecule has 1 heterocycles. The second-order valence-corrected chi connectivity index (χ2v) is 7.91. The van der Waals surface area contributed by atoms with Crippen molar-refractivity contribution < 1.29 is 9.84 Å². The summed E-state index contributed by atoms with van der Waals surface area (Å²) in [6.45, 7) is 4.33. The van der Waals surface area contributed by atoms with E-state index in [-0.39, 0.29) is 6.61 Å². The van der Waals surface area contributed by atoms with E-state index in [1.165, 1.54) is 22.9 Å². The Morgan fingerprint density at radius 3 is 2.66 bits per heavy atom. The molecule has 0 amide bonds. The third-order valence-electron chi connectivity index (χ3n) is 4.74. The molecule has 7 heteroatoms. The zero-order chi connectivity index (χ0) is 20.2. The molecule has 0 radical (unpaired) electrons. The molecule has 4 rings (SSSR count). The van der Waals surface area contributed by atoms with Crippen LogP contribution in [-0.4, -0.2) is 43.8 Å². The van der Waals surface area contributed by atoms with E-state index in [0.29, 0.717) is 10.9 Å². The Labute approximate surface area is 173 Å². The van der Waals surface area contributed by atoms with Crippen LogP contribution in [0.15, 0.2) is 65.8 Å². The predicted octanol–water partition coefficient (Wildman–Crippen LogP) is 3.96. The summed E-state index contributed by atoms with van der Waals surface area (Å²) < 4.78 is 7.46. The van der Waals surface area contributed by atoms with E-state index in [1.807, 2.05) is 48.5 Å². The van der Waals surface area contributed by atoms with Crippen LogP contribution in [0, 0.1) is 13.8 Å². The summed E-state index contributed by atoms with van der Waals surface area (Å²) in [5.41, 5.74) is 3.30. The fourth-order valence-electron chi connectivity index (χ4n) is 2.96. The Morgan fingerprint density at radius 1 is 1.00 bits per heavy atom. The van der Waals surface area contributed by atoms with Gasteiger partial charge in [-0.3, -0.25) is 0 Å². The fourth-order valence-corrected chi connectivity index (χ4v) is 3.75. The van der Waals surface area contributed by atoms with E-state index >= 15 is 0 Å². The highest BCUT2D eigenvalue weighted by atomic mass is 32.2. The number of aromatic nitrogens is 4. The predicted molar refractivity (Wildman–Crippen MR) is 115 cm³/mol. The zero-order valence-corrected chi connectivity index (χ0v) is 17.1. The average molecular weight is 407 g/mol. The number of thioether (sulfide) groups is 1. The maximum Gasteiger partial charge on any atom is 0.214 e. The van der Waals surface area contributed by atoms with E-state index < -0.39 is 6.10 Å². The molecule has 4 aromatic rings. The van der Waals surface area contributed by atoms with E-state index in [0.717, 1.165) is 22.2 Å². The fraction of sp³-hybridized carbons (Fsp3) is 0.227. The molecule has 0 aliphatic carbocycles. The molecule has 0 aliphatic heterocycles. The third kappa shape index (κ3) is 4.58. The van der Waals surface area contributed by atoms with Gasteiger partial charge in [-0.05, 0) is 70.4 Å². The molecule has 29 heavy (non-hydrogen) atoms. The second kappa shape index (κ2) is 8.63. The number of tetrazole rings is 1. The minimum Gasteiger partial charge on any atom is -0.491 e. The van der Waals surface area contributed by atoms with Crippen LogP contribution in [0.4, 0.5) is 0 Å². The van der Waals surface area contributed by atoms with Gasteiger partial charge < -0.3 is 9.84 Å². The molecule has 0 saturated carbocycles. The van der Waals surface area contributed by atoms with Gasteiger partial charge in [0, 0.05) is 5.75 Å². The standard InChI is InChI=1S/C22H22N4O2S/c1-15-7-9-19(11-16(15)2)26-22(23-24-25-26)29-14-20(27)13-28-21-10-8-17-5-3-4-6-18(17)12-21/h3-12,20,27H,13-14H2,1-2H3. The van der Waals surface area contributed by atoms with Crippen molar-refractivity contribution in [2.75, 3.05) is 12.4 Å². The summed E-state index contributed by atoms with van der Waals surface area (Å²) >= 11 is 1.40. The van der Waals surface area contributed by atoms with E-state index in [1.54, 1.807) is 4.68 Å². The number of rotatable bonds is 7. The highest BCUT2D eigenvalue weighted by Crippen LogP contribution is 2.23. The lowest BCUT2D eigenvalue weighted by Gasteiger charge is -2.12. The molecule has 0 bridgehead atoms. The van der Waals surface area contributed by atoms with Crippen molar-refractivity contribution in [1.29, 1.82) is 0 Å². The normalized spacial score (nSPS) is 12.2. The first kappa shape index (κ1) is 19.4. The van der Waals surface area contributed by atoms with Gasteiger partial charge in [-0.15, -0.1) is 5.10 Å². The summed E-state index contributed by atoms with van der Waals surface area (Å²) in [6.07, 6.45) is -0.642. The molecule has 1 unspecified atom stereocenters. The summed E-state index contributed by atoms with van der Waals surface area (Å²) in [7, 11) is 0. The van der Waals surface area contributed by atoms with Crippen LogP contribution in [0.5, 0.6) is 5.75 Å². The van der Waals surface area contributed by atoms with E-state index in [9.17, 15) is 5.11 Å². The lowest BCUT2D eigenvalue weighted by molar-refractivity contribution is 0.126. The smallest absolute Gasteiger partial charge is 0.214 e. The maximum atomic E-state index is 10.3. The summed E-state index contributed by atoms with van der Waals surface area (Å²) in [5, 5.41) is 25.2. The third-order valence-corrected chi connectivity index (χ3v) is 5.81. The molecule has 1 aromatic heterocycles. The van der Waals surface area contributed by atoms with Gasteiger partial charge in [0.2, 0.25) is 5.16 Å². The van der Waals surface area contributed by atoms with Crippen molar-refractivity contribution in [3.63, 3.8) is 0 Å². The minimum atomic E-state index is -0.642. The SMILES string of the molecule is Cc1ccc(-n2nnnc2SCC(O)COc2ccc3ccccc3c2)cc1C. The number of benzene rings is 3. The molecule has 1 atom stereocenters. The number of fused-ring (bicyclic) bond motifs is 1. The van der Waals surface area contributed by atoms with Crippen molar-refractivity contribution in [2.45, 2.75) is 25.1 Å². The number of aliphatic hydroxyl groups is 1. The van der Waals surface area contributed by atoms with Crippen molar-refractivity contribution in [1.82, 2.24) is 20.2 Å². The number of aliphatic hydroxyl groups excluding tert-OH is 1. The van der Waals surface area contributed by atoms with Gasteiger partial charge >= 0.3 is 0 Å². The first-order valence-corrected chi connectivity index (χ1v) is 10.4. The number of hydrogen-bond acceptors (Lipinski definition) is 6. The highest BCUT2D eigenvalue weighted by Gasteiger charge is 2.13. The van der Waals surface area contributed by atoms with Crippen molar-refractivity contribution in [3.05, 3.63) is 71.8 Å². The molecule has 1 N–H and O–H groups in total. The topological polar surface area (TPSA) is 73.1 Å². The monoisotopic (exact) mass is 406 g/mol. The van der Waals surface area contributed by atoms with Crippen LogP contribution in [0.2, 0.25) is 0 Å². The van der Waals surface area contributed by atoms with Crippen molar-refractivity contribution in [3.8, 4) is 11.4 Å². The minimum absolute atomic E-state index is 0.205. The van der Waals surface area contributed by atoms with Crippen LogP contribution in [-0.2, 0) is 0 Å². The van der Waals surface area contributed by atoms with Crippen LogP contribution < -0.4 is 4.74 Å². The van der Waals surface area contributed by atoms with Gasteiger partial charge in [-0.25, -0.2) is 0 Å². The van der Waals surface area contributed by atoms with Crippen LogP contribution in [0.1, 0.15) is 11.1 Å². The number of aryl methyl sites for hydroxylation is 2. The summed E-state index contributed by atoms with van der Waals surface area (Å²) in [4.78, 5) is 0. The van der Waals surface area contributed by atoms with Crippen LogP contribution in [0.25, 0.3) is 16.5 Å².